The van der Waals surface area contributed by atoms with Crippen LogP contribution in [-0.2, 0) is 4.79 Å². The lowest BCUT2D eigenvalue weighted by molar-refractivity contribution is -0.116. The molecule has 0 saturated heterocycles. The lowest BCUT2D eigenvalue weighted by atomic mass is 10.3. The second kappa shape index (κ2) is 3.84. The summed E-state index contributed by atoms with van der Waals surface area (Å²) >= 11 is 1.61. The van der Waals surface area contributed by atoms with Gasteiger partial charge in [-0.25, -0.2) is 0 Å². The van der Waals surface area contributed by atoms with Crippen molar-refractivity contribution in [3.8, 4) is 0 Å². The summed E-state index contributed by atoms with van der Waals surface area (Å²) < 4.78 is 0. The van der Waals surface area contributed by atoms with Gasteiger partial charge < -0.3 is 5.32 Å². The molecule has 0 bridgehead atoms. The molecule has 1 aliphatic heterocycles. The van der Waals surface area contributed by atoms with E-state index in [0.29, 0.717) is 0 Å². The topological polar surface area (TPSA) is 42.0 Å². The summed E-state index contributed by atoms with van der Waals surface area (Å²) in [5.41, 5.74) is 0.887. The Morgan fingerprint density at radius 2 is 2.36 bits per heavy atom. The van der Waals surface area contributed by atoms with Crippen LogP contribution in [0.25, 0.3) is 0 Å². The van der Waals surface area contributed by atoms with Crippen LogP contribution in [0.5, 0.6) is 0 Å². The van der Waals surface area contributed by atoms with Crippen LogP contribution in [0, 0.1) is 0 Å². The minimum absolute atomic E-state index is 0.0445. The molecular weight excluding hydrogens is 196 g/mol. The first-order valence-electron chi connectivity index (χ1n) is 4.32. The maximum absolute atomic E-state index is 11.2. The lowest BCUT2D eigenvalue weighted by Crippen LogP contribution is -2.28. The van der Waals surface area contributed by atoms with Crippen LogP contribution < -0.4 is 5.32 Å². The molecule has 1 N–H and O–H groups in total. The van der Waals surface area contributed by atoms with Gasteiger partial charge in [-0.05, 0) is 24.0 Å². The number of allylic oxidation sites excluding steroid dienone is 1. The number of hydrogen-bond acceptors (Lipinski definition) is 3. The largest absolute Gasteiger partial charge is 0.335 e. The number of carbonyl (C=O) groups excluding carboxylic acids is 1. The smallest absolute Gasteiger partial charge is 0.245 e. The molecule has 0 aliphatic carbocycles. The van der Waals surface area contributed by atoms with Gasteiger partial charge in [0.1, 0.15) is 5.37 Å². The molecular formula is C10H10N2OS. The van der Waals surface area contributed by atoms with Crippen molar-refractivity contribution in [2.45, 2.75) is 12.3 Å². The monoisotopic (exact) mass is 206 g/mol. The summed E-state index contributed by atoms with van der Waals surface area (Å²) in [5.74, 6) is -0.0445. The van der Waals surface area contributed by atoms with Gasteiger partial charge in [-0.15, -0.1) is 0 Å². The van der Waals surface area contributed by atoms with Gasteiger partial charge in [-0.2, -0.15) is 0 Å². The Morgan fingerprint density at radius 3 is 3.00 bits per heavy atom. The molecule has 2 rings (SSSR count). The number of amides is 1. The average molecular weight is 206 g/mol. The second-order valence-corrected chi connectivity index (χ2v) is 4.37. The Kier molecular flexibility index (Phi) is 2.54. The van der Waals surface area contributed by atoms with E-state index in [1.54, 1.807) is 24.0 Å². The van der Waals surface area contributed by atoms with Gasteiger partial charge in [0.25, 0.3) is 0 Å². The van der Waals surface area contributed by atoms with Crippen LogP contribution in [0.4, 0.5) is 0 Å². The number of aromatic nitrogens is 1. The fourth-order valence-corrected chi connectivity index (χ4v) is 2.25. The van der Waals surface area contributed by atoms with Gasteiger partial charge in [0, 0.05) is 12.3 Å². The van der Waals surface area contributed by atoms with Crippen LogP contribution in [0.2, 0.25) is 0 Å². The standard InChI is InChI=1S/C10H10N2OS/c1-7-6-9(13)12-10(14-7)8-4-2-3-5-11-8/h2-6,10H,1H3,(H,12,13). The van der Waals surface area contributed by atoms with Crippen LogP contribution in [0.15, 0.2) is 35.4 Å². The van der Waals surface area contributed by atoms with E-state index < -0.39 is 0 Å². The molecule has 4 heteroatoms. The normalized spacial score (nSPS) is 21.4. The highest BCUT2D eigenvalue weighted by Gasteiger charge is 2.20. The van der Waals surface area contributed by atoms with E-state index in [-0.39, 0.29) is 11.3 Å². The van der Waals surface area contributed by atoms with Crippen molar-refractivity contribution in [2.75, 3.05) is 0 Å². The highest BCUT2D eigenvalue weighted by Crippen LogP contribution is 2.33. The Bertz CT molecular complexity index is 375. The molecule has 1 aliphatic rings. The molecule has 0 aromatic carbocycles. The fourth-order valence-electron chi connectivity index (χ4n) is 1.27. The van der Waals surface area contributed by atoms with Crippen molar-refractivity contribution in [2.24, 2.45) is 0 Å². The predicted octanol–water partition coefficient (Wildman–Crippen LogP) is 1.85. The summed E-state index contributed by atoms with van der Waals surface area (Å²) in [4.78, 5) is 16.5. The van der Waals surface area contributed by atoms with E-state index in [1.807, 2.05) is 25.1 Å². The quantitative estimate of drug-likeness (QED) is 0.762. The summed E-state index contributed by atoms with van der Waals surface area (Å²) in [5, 5.41) is 2.80. The number of hydrogen-bond donors (Lipinski definition) is 1. The fraction of sp³-hybridized carbons (Fsp3) is 0.200. The molecule has 1 unspecified atom stereocenters. The third-order valence-electron chi connectivity index (χ3n) is 1.87. The highest BCUT2D eigenvalue weighted by molar-refractivity contribution is 8.03. The average Bonchev–Trinajstić information content (AvgIpc) is 2.18. The third kappa shape index (κ3) is 1.96. The zero-order valence-corrected chi connectivity index (χ0v) is 8.54. The molecule has 1 atom stereocenters. The molecule has 1 amide bonds. The zero-order chi connectivity index (χ0) is 9.97. The Hall–Kier alpha value is -1.29. The van der Waals surface area contributed by atoms with Crippen molar-refractivity contribution in [3.63, 3.8) is 0 Å². The highest BCUT2D eigenvalue weighted by atomic mass is 32.2. The molecule has 1 aromatic heterocycles. The second-order valence-electron chi connectivity index (χ2n) is 3.02. The molecule has 72 valence electrons. The van der Waals surface area contributed by atoms with E-state index >= 15 is 0 Å². The van der Waals surface area contributed by atoms with Gasteiger partial charge in [-0.3, -0.25) is 9.78 Å². The minimum Gasteiger partial charge on any atom is -0.335 e. The minimum atomic E-state index is -0.0475. The Labute approximate surface area is 86.6 Å². The molecule has 14 heavy (non-hydrogen) atoms. The van der Waals surface area contributed by atoms with Crippen molar-refractivity contribution >= 4 is 17.7 Å². The first kappa shape index (κ1) is 9.27. The van der Waals surface area contributed by atoms with Gasteiger partial charge in [0.15, 0.2) is 0 Å². The molecule has 1 aromatic rings. The molecule has 2 heterocycles. The van der Waals surface area contributed by atoms with Crippen LogP contribution >= 0.6 is 11.8 Å². The number of nitrogens with one attached hydrogen (secondary N) is 1. The number of nitrogens with zero attached hydrogens (tertiary/aromatic N) is 1. The summed E-state index contributed by atoms with van der Waals surface area (Å²) in [6.07, 6.45) is 3.33. The van der Waals surface area contributed by atoms with Gasteiger partial charge in [-0.1, -0.05) is 17.8 Å². The zero-order valence-electron chi connectivity index (χ0n) is 7.73. The third-order valence-corrected chi connectivity index (χ3v) is 2.95. The van der Waals surface area contributed by atoms with Crippen LogP contribution in [0.1, 0.15) is 18.0 Å². The predicted molar refractivity (Wildman–Crippen MR) is 56.5 cm³/mol. The maximum atomic E-state index is 11.2. The molecule has 0 radical (unpaired) electrons. The van der Waals surface area contributed by atoms with E-state index in [1.165, 1.54) is 0 Å². The van der Waals surface area contributed by atoms with Crippen molar-refractivity contribution in [1.29, 1.82) is 0 Å². The maximum Gasteiger partial charge on any atom is 0.245 e. The summed E-state index contributed by atoms with van der Waals surface area (Å²) in [6.45, 7) is 1.93. The number of carbonyl (C=O) groups is 1. The van der Waals surface area contributed by atoms with Gasteiger partial charge in [0.05, 0.1) is 5.69 Å². The number of rotatable bonds is 1. The SMILES string of the molecule is CC1=CC(=O)NC(c2ccccn2)S1. The van der Waals surface area contributed by atoms with Crippen LogP contribution in [-0.4, -0.2) is 10.9 Å². The molecule has 3 nitrogen and oxygen atoms in total. The van der Waals surface area contributed by atoms with Crippen molar-refractivity contribution in [3.05, 3.63) is 41.1 Å². The van der Waals surface area contributed by atoms with Gasteiger partial charge in [0.2, 0.25) is 5.91 Å². The molecule has 0 saturated carbocycles. The van der Waals surface area contributed by atoms with Crippen molar-refractivity contribution < 1.29 is 4.79 Å². The van der Waals surface area contributed by atoms with Crippen molar-refractivity contribution in [1.82, 2.24) is 10.3 Å². The van der Waals surface area contributed by atoms with E-state index in [4.69, 9.17) is 0 Å². The summed E-state index contributed by atoms with van der Waals surface area (Å²) in [7, 11) is 0. The Balaban J connectivity index is 2.22. The lowest BCUT2D eigenvalue weighted by Gasteiger charge is -2.20. The number of thioether (sulfide) groups is 1. The van der Waals surface area contributed by atoms with Crippen LogP contribution in [0.3, 0.4) is 0 Å². The van der Waals surface area contributed by atoms with E-state index in [2.05, 4.69) is 10.3 Å². The molecule has 0 fully saturated rings. The first-order valence-corrected chi connectivity index (χ1v) is 5.20. The first-order chi connectivity index (χ1) is 6.75. The molecule has 0 spiro atoms. The van der Waals surface area contributed by atoms with E-state index in [9.17, 15) is 4.79 Å². The van der Waals surface area contributed by atoms with E-state index in [0.717, 1.165) is 10.6 Å². The van der Waals surface area contributed by atoms with Gasteiger partial charge >= 0.3 is 0 Å². The number of pyridine rings is 1. The Morgan fingerprint density at radius 1 is 1.50 bits per heavy atom. The summed E-state index contributed by atoms with van der Waals surface area (Å²) in [6, 6.07) is 5.70.